The smallest absolute Gasteiger partial charge is 0.272 e. The van der Waals surface area contributed by atoms with Gasteiger partial charge in [0.05, 0.1) is 18.7 Å². The molecule has 0 spiro atoms. The number of phenols is 1. The van der Waals surface area contributed by atoms with Gasteiger partial charge in [-0.25, -0.2) is 0 Å². The van der Waals surface area contributed by atoms with Crippen LogP contribution in [-0.4, -0.2) is 63.6 Å². The van der Waals surface area contributed by atoms with Crippen LogP contribution in [0.2, 0.25) is 0 Å². The van der Waals surface area contributed by atoms with Gasteiger partial charge in [0.2, 0.25) is 0 Å². The van der Waals surface area contributed by atoms with Crippen LogP contribution in [0, 0.1) is 0 Å². The van der Waals surface area contributed by atoms with E-state index in [4.69, 9.17) is 4.74 Å². The maximum atomic E-state index is 13.1. The molecule has 2 fully saturated rings. The third-order valence-corrected chi connectivity index (χ3v) is 6.17. The molecule has 158 valence electrons. The van der Waals surface area contributed by atoms with E-state index in [9.17, 15) is 9.90 Å². The maximum absolute atomic E-state index is 13.1. The Bertz CT molecular complexity index is 864. The van der Waals surface area contributed by atoms with Crippen LogP contribution < -0.4 is 5.32 Å². The van der Waals surface area contributed by atoms with E-state index >= 15 is 0 Å². The molecule has 2 aliphatic heterocycles. The standard InChI is InChI=1S/C22H32N4O3/c1-4-5-8-25-16-9-15(10-17(25)13-29-12-16)23-22(28)21-19-11-18(27)6-7-20(19)26(24-21)14(2)3/h6-7,11,14-17,27H,4-5,8-10,12-13H2,1-3H3,(H,23,28)/t15-,16-,17+. The van der Waals surface area contributed by atoms with Crippen LogP contribution in [0.25, 0.3) is 10.9 Å². The zero-order valence-electron chi connectivity index (χ0n) is 17.6. The monoisotopic (exact) mass is 400 g/mol. The van der Waals surface area contributed by atoms with Crippen molar-refractivity contribution >= 4 is 16.8 Å². The molecule has 3 atom stereocenters. The maximum Gasteiger partial charge on any atom is 0.272 e. The van der Waals surface area contributed by atoms with Crippen LogP contribution in [-0.2, 0) is 4.74 Å². The Hall–Kier alpha value is -2.12. The fourth-order valence-electron chi connectivity index (χ4n) is 4.76. The van der Waals surface area contributed by atoms with Crippen LogP contribution in [0.1, 0.15) is 63.0 Å². The van der Waals surface area contributed by atoms with Gasteiger partial charge in [0.1, 0.15) is 5.75 Å². The zero-order valence-corrected chi connectivity index (χ0v) is 17.6. The molecule has 0 aliphatic carbocycles. The highest BCUT2D eigenvalue weighted by Crippen LogP contribution is 2.29. The third kappa shape index (κ3) is 3.98. The third-order valence-electron chi connectivity index (χ3n) is 6.17. The molecule has 2 N–H and O–H groups in total. The number of phenolic OH excluding ortho intramolecular Hbond substituents is 1. The first-order valence-corrected chi connectivity index (χ1v) is 10.8. The van der Waals surface area contributed by atoms with Gasteiger partial charge in [0, 0.05) is 29.6 Å². The van der Waals surface area contributed by atoms with Gasteiger partial charge >= 0.3 is 0 Å². The lowest BCUT2D eigenvalue weighted by atomic mass is 9.89. The van der Waals surface area contributed by atoms with E-state index in [1.165, 1.54) is 12.8 Å². The summed E-state index contributed by atoms with van der Waals surface area (Å²) >= 11 is 0. The predicted molar refractivity (Wildman–Crippen MR) is 112 cm³/mol. The normalized spacial score (nSPS) is 24.9. The number of hydrogen-bond donors (Lipinski definition) is 2. The lowest BCUT2D eigenvalue weighted by Gasteiger charge is -2.48. The summed E-state index contributed by atoms with van der Waals surface area (Å²) in [4.78, 5) is 15.7. The second-order valence-corrected chi connectivity index (χ2v) is 8.67. The number of ether oxygens (including phenoxy) is 1. The first-order chi connectivity index (χ1) is 14.0. The van der Waals surface area contributed by atoms with Crippen LogP contribution in [0.4, 0.5) is 0 Å². The first kappa shape index (κ1) is 20.2. The van der Waals surface area contributed by atoms with Crippen molar-refractivity contribution in [1.29, 1.82) is 0 Å². The number of carbonyl (C=O) groups excluding carboxylic acids is 1. The van der Waals surface area contributed by atoms with Crippen LogP contribution in [0.3, 0.4) is 0 Å². The topological polar surface area (TPSA) is 79.6 Å². The molecular weight excluding hydrogens is 368 g/mol. The van der Waals surface area contributed by atoms with E-state index in [1.54, 1.807) is 12.1 Å². The molecule has 1 aromatic heterocycles. The van der Waals surface area contributed by atoms with Crippen LogP contribution in [0.5, 0.6) is 5.75 Å². The van der Waals surface area contributed by atoms with Crippen LogP contribution in [0.15, 0.2) is 18.2 Å². The molecule has 2 aliphatic rings. The quantitative estimate of drug-likeness (QED) is 0.779. The summed E-state index contributed by atoms with van der Waals surface area (Å²) < 4.78 is 7.63. The Kier molecular flexibility index (Phi) is 5.79. The van der Waals surface area contributed by atoms with Gasteiger partial charge in [-0.1, -0.05) is 13.3 Å². The van der Waals surface area contributed by atoms with E-state index < -0.39 is 0 Å². The van der Waals surface area contributed by atoms with Crippen molar-refractivity contribution in [2.75, 3.05) is 19.8 Å². The number of amides is 1. The Labute approximate surface area is 172 Å². The molecule has 4 rings (SSSR count). The van der Waals surface area contributed by atoms with E-state index in [-0.39, 0.29) is 23.7 Å². The number of benzene rings is 1. The number of nitrogens with one attached hydrogen (secondary N) is 1. The minimum absolute atomic E-state index is 0.121. The highest BCUT2D eigenvalue weighted by Gasteiger charge is 2.39. The average molecular weight is 401 g/mol. The van der Waals surface area contributed by atoms with Gasteiger partial charge in [-0.15, -0.1) is 0 Å². The van der Waals surface area contributed by atoms with E-state index in [0.29, 0.717) is 23.2 Å². The number of unbranched alkanes of at least 4 members (excludes halogenated alkanes) is 1. The van der Waals surface area contributed by atoms with E-state index in [0.717, 1.165) is 38.1 Å². The fraction of sp³-hybridized carbons (Fsp3) is 0.636. The second-order valence-electron chi connectivity index (χ2n) is 8.67. The van der Waals surface area contributed by atoms with Crippen molar-refractivity contribution in [2.45, 2.75) is 70.6 Å². The molecule has 7 nitrogen and oxygen atoms in total. The fourth-order valence-corrected chi connectivity index (χ4v) is 4.76. The Morgan fingerprint density at radius 2 is 2.03 bits per heavy atom. The largest absolute Gasteiger partial charge is 0.508 e. The number of aromatic hydroxyl groups is 1. The summed E-state index contributed by atoms with van der Waals surface area (Å²) in [6.45, 7) is 8.88. The molecule has 2 aromatic rings. The summed E-state index contributed by atoms with van der Waals surface area (Å²) in [5, 5.41) is 18.4. The Morgan fingerprint density at radius 1 is 1.31 bits per heavy atom. The van der Waals surface area contributed by atoms with Gasteiger partial charge in [0.15, 0.2) is 5.69 Å². The average Bonchev–Trinajstić information content (AvgIpc) is 3.05. The molecule has 7 heteroatoms. The zero-order chi connectivity index (χ0) is 20.5. The number of morpholine rings is 1. The Morgan fingerprint density at radius 3 is 2.69 bits per heavy atom. The molecule has 2 bridgehead atoms. The van der Waals surface area contributed by atoms with Gasteiger partial charge < -0.3 is 15.2 Å². The second kappa shape index (κ2) is 8.32. The number of hydrogen-bond acceptors (Lipinski definition) is 5. The lowest BCUT2D eigenvalue weighted by molar-refractivity contribution is -0.0802. The molecule has 1 amide bonds. The van der Waals surface area contributed by atoms with Crippen molar-refractivity contribution in [3.8, 4) is 5.75 Å². The van der Waals surface area contributed by atoms with Crippen molar-refractivity contribution in [2.24, 2.45) is 0 Å². The van der Waals surface area contributed by atoms with E-state index in [1.807, 2.05) is 24.6 Å². The van der Waals surface area contributed by atoms with Gasteiger partial charge in [-0.05, 0) is 57.9 Å². The SMILES string of the molecule is CCCCN1[C@@H]2COC[C@H]1C[C@@H](NC(=O)c1nn(C(C)C)c3ccc(O)cc13)C2. The van der Waals surface area contributed by atoms with Gasteiger partial charge in [-0.3, -0.25) is 14.4 Å². The summed E-state index contributed by atoms with van der Waals surface area (Å²) in [6.07, 6.45) is 4.20. The number of piperidine rings is 1. The summed E-state index contributed by atoms with van der Waals surface area (Å²) in [7, 11) is 0. The minimum Gasteiger partial charge on any atom is -0.508 e. The number of carbonyl (C=O) groups is 1. The molecular formula is C22H32N4O3. The molecule has 3 heterocycles. The molecule has 0 unspecified atom stereocenters. The van der Waals surface area contributed by atoms with Crippen molar-refractivity contribution < 1.29 is 14.6 Å². The highest BCUT2D eigenvalue weighted by atomic mass is 16.5. The highest BCUT2D eigenvalue weighted by molar-refractivity contribution is 6.05. The minimum atomic E-state index is -0.161. The van der Waals surface area contributed by atoms with Crippen LogP contribution >= 0.6 is 0 Å². The van der Waals surface area contributed by atoms with E-state index in [2.05, 4.69) is 22.2 Å². The van der Waals surface area contributed by atoms with Crippen molar-refractivity contribution in [3.05, 3.63) is 23.9 Å². The molecule has 2 saturated heterocycles. The lowest BCUT2D eigenvalue weighted by Crippen LogP contribution is -2.60. The predicted octanol–water partition coefficient (Wildman–Crippen LogP) is 3.08. The number of nitrogens with zero attached hydrogens (tertiary/aromatic N) is 3. The van der Waals surface area contributed by atoms with Gasteiger partial charge in [-0.2, -0.15) is 5.10 Å². The summed E-state index contributed by atoms with van der Waals surface area (Å²) in [5.41, 5.74) is 1.25. The Balaban J connectivity index is 1.52. The number of rotatable bonds is 6. The molecule has 0 radical (unpaired) electrons. The number of aromatic nitrogens is 2. The van der Waals surface area contributed by atoms with Crippen molar-refractivity contribution in [1.82, 2.24) is 20.0 Å². The van der Waals surface area contributed by atoms with Gasteiger partial charge in [0.25, 0.3) is 5.91 Å². The van der Waals surface area contributed by atoms with Crippen molar-refractivity contribution in [3.63, 3.8) is 0 Å². The molecule has 29 heavy (non-hydrogen) atoms. The summed E-state index contributed by atoms with van der Waals surface area (Å²) in [5.74, 6) is -0.0169. The molecule has 1 aromatic carbocycles. The molecule has 0 saturated carbocycles. The number of fused-ring (bicyclic) bond motifs is 3. The first-order valence-electron chi connectivity index (χ1n) is 10.8. The summed E-state index contributed by atoms with van der Waals surface area (Å²) in [6, 6.07) is 6.08.